The third kappa shape index (κ3) is 0.545. The molecule has 1 aliphatic rings. The highest BCUT2D eigenvalue weighted by Gasteiger charge is 2.42. The van der Waals surface area contributed by atoms with Crippen molar-refractivity contribution in [2.45, 2.75) is 6.05 Å². The minimum absolute atomic E-state index is 0.132. The molecule has 0 bridgehead atoms. The Kier molecular flexibility index (Phi) is 0.301. The van der Waals surface area contributed by atoms with Crippen LogP contribution in [0.2, 0.25) is 0 Å². The van der Waals surface area contributed by atoms with Gasteiger partial charge < -0.3 is 0 Å². The molecule has 1 aliphatic heterocycles. The van der Waals surface area contributed by atoms with Gasteiger partial charge in [0.05, 0.1) is 6.54 Å². The molecule has 1 N–H and O–H groups in total. The van der Waals surface area contributed by atoms with E-state index in [1.807, 2.05) is 5.32 Å². The van der Waals surface area contributed by atoms with Crippen LogP contribution in [-0.2, 0) is 0 Å². The Morgan fingerprint density at radius 1 is 1.60 bits per heavy atom. The third-order valence-corrected chi connectivity index (χ3v) is 0.444. The zero-order valence-electron chi connectivity index (χ0n) is 2.46. The molecule has 0 amide bonds. The molecule has 1 heterocycles. The fourth-order valence-corrected chi connectivity index (χ4v) is 0.0668. The molecule has 3 heteroatoms. The van der Waals surface area contributed by atoms with E-state index in [9.17, 15) is 8.78 Å². The molecule has 1 nitrogen and oxygen atoms in total. The van der Waals surface area contributed by atoms with Crippen molar-refractivity contribution in [1.29, 1.82) is 0 Å². The molecule has 5 heavy (non-hydrogen) atoms. The normalized spacial score (nSPS) is 30.0. The van der Waals surface area contributed by atoms with E-state index in [1.54, 1.807) is 0 Å². The highest BCUT2D eigenvalue weighted by atomic mass is 19.3. The summed E-state index contributed by atoms with van der Waals surface area (Å²) in [7, 11) is 0. The summed E-state index contributed by atoms with van der Waals surface area (Å²) in [5.41, 5.74) is 0. The number of halogens is 2. The van der Waals surface area contributed by atoms with Crippen LogP contribution < -0.4 is 5.32 Å². The molecule has 1 saturated heterocycles. The van der Waals surface area contributed by atoms with Gasteiger partial charge in [0, 0.05) is 0 Å². The van der Waals surface area contributed by atoms with E-state index in [2.05, 4.69) is 0 Å². The van der Waals surface area contributed by atoms with Crippen LogP contribution in [0.4, 0.5) is 8.78 Å². The van der Waals surface area contributed by atoms with Gasteiger partial charge in [-0.25, -0.2) is 5.32 Å². The summed E-state index contributed by atoms with van der Waals surface area (Å²) in [5.74, 6) is 0. The summed E-state index contributed by atoms with van der Waals surface area (Å²) in [5, 5.41) is 1.84. The summed E-state index contributed by atoms with van der Waals surface area (Å²) in [4.78, 5) is 0. The summed E-state index contributed by atoms with van der Waals surface area (Å²) in [6.45, 7) is -0.132. The third-order valence-electron chi connectivity index (χ3n) is 0.444. The lowest BCUT2D eigenvalue weighted by Crippen LogP contribution is -1.92. The number of nitrogens with one attached hydrogen (secondary N) is 1. The molecule has 30 valence electrons. The first-order valence-electron chi connectivity index (χ1n) is 1.34. The predicted molar refractivity (Wildman–Crippen MR) is 12.9 cm³/mol. The molecule has 0 aromatic heterocycles. The van der Waals surface area contributed by atoms with E-state index in [-0.39, 0.29) is 6.54 Å². The van der Waals surface area contributed by atoms with Crippen LogP contribution in [0.15, 0.2) is 0 Å². The van der Waals surface area contributed by atoms with Gasteiger partial charge in [0.2, 0.25) is 0 Å². The van der Waals surface area contributed by atoms with Gasteiger partial charge in [-0.05, 0) is 0 Å². The summed E-state index contributed by atoms with van der Waals surface area (Å²) in [6, 6.07) is -2.50. The van der Waals surface area contributed by atoms with E-state index in [0.29, 0.717) is 0 Å². The lowest BCUT2D eigenvalue weighted by Gasteiger charge is -1.74. The molecule has 1 fully saturated rings. The summed E-state index contributed by atoms with van der Waals surface area (Å²) < 4.78 is 22.0. The number of rotatable bonds is 0. The molecule has 0 saturated carbocycles. The van der Waals surface area contributed by atoms with Gasteiger partial charge in [-0.15, -0.1) is 0 Å². The quantitative estimate of drug-likeness (QED) is 0.324. The van der Waals surface area contributed by atoms with Crippen molar-refractivity contribution in [1.82, 2.24) is 5.32 Å². The first-order valence-corrected chi connectivity index (χ1v) is 1.34. The number of hydrogen-bond acceptors (Lipinski definition) is 1. The van der Waals surface area contributed by atoms with Crippen molar-refractivity contribution in [2.75, 3.05) is 6.54 Å². The SMILES string of the molecule is FC1(F)CN1. The minimum Gasteiger partial charge on any atom is -0.250 e. The van der Waals surface area contributed by atoms with E-state index in [0.717, 1.165) is 0 Å². The Hall–Kier alpha value is -0.180. The van der Waals surface area contributed by atoms with Crippen molar-refractivity contribution in [3.05, 3.63) is 0 Å². The van der Waals surface area contributed by atoms with Gasteiger partial charge in [0.1, 0.15) is 0 Å². The smallest absolute Gasteiger partial charge is 0.250 e. The van der Waals surface area contributed by atoms with E-state index in [4.69, 9.17) is 0 Å². The fraction of sp³-hybridized carbons (Fsp3) is 1.00. The van der Waals surface area contributed by atoms with Crippen molar-refractivity contribution in [3.63, 3.8) is 0 Å². The molecule has 1 rings (SSSR count). The minimum atomic E-state index is -2.50. The first kappa shape index (κ1) is 3.03. The average molecular weight is 79.0 g/mol. The van der Waals surface area contributed by atoms with Crippen LogP contribution in [0.25, 0.3) is 0 Å². The Balaban J connectivity index is 2.38. The van der Waals surface area contributed by atoms with Gasteiger partial charge in [0.15, 0.2) is 0 Å². The lowest BCUT2D eigenvalue weighted by molar-refractivity contribution is 0.114. The van der Waals surface area contributed by atoms with E-state index in [1.165, 1.54) is 0 Å². The van der Waals surface area contributed by atoms with Crippen LogP contribution in [0.3, 0.4) is 0 Å². The highest BCUT2D eigenvalue weighted by molar-refractivity contribution is 4.80. The van der Waals surface area contributed by atoms with Crippen LogP contribution in [0, 0.1) is 0 Å². The molecular formula is C2H3F2N. The average Bonchev–Trinajstić information content (AvgIpc) is 1.76. The summed E-state index contributed by atoms with van der Waals surface area (Å²) >= 11 is 0. The zero-order chi connectivity index (χ0) is 3.91. The van der Waals surface area contributed by atoms with Gasteiger partial charge in [0.25, 0.3) is 0 Å². The monoisotopic (exact) mass is 79.0 g/mol. The Morgan fingerprint density at radius 2 is 1.80 bits per heavy atom. The molecule has 0 unspecified atom stereocenters. The van der Waals surface area contributed by atoms with Crippen LogP contribution in [0.5, 0.6) is 0 Å². The molecule has 0 spiro atoms. The van der Waals surface area contributed by atoms with Crippen LogP contribution in [0.1, 0.15) is 0 Å². The Morgan fingerprint density at radius 3 is 1.80 bits per heavy atom. The predicted octanol–water partition coefficient (Wildman–Crippen LogP) is 0.182. The van der Waals surface area contributed by atoms with Gasteiger partial charge in [-0.3, -0.25) is 0 Å². The number of hydrogen-bond donors (Lipinski definition) is 1. The molecular weight excluding hydrogens is 76.0 g/mol. The summed E-state index contributed by atoms with van der Waals surface area (Å²) in [6.07, 6.45) is 0. The van der Waals surface area contributed by atoms with Crippen LogP contribution >= 0.6 is 0 Å². The maximum absolute atomic E-state index is 11.0. The second-order valence-electron chi connectivity index (χ2n) is 1.06. The largest absolute Gasteiger partial charge is 0.315 e. The first-order chi connectivity index (χ1) is 2.21. The topological polar surface area (TPSA) is 21.9 Å². The van der Waals surface area contributed by atoms with Gasteiger partial charge in [-0.2, -0.15) is 8.78 Å². The second-order valence-corrected chi connectivity index (χ2v) is 1.06. The van der Waals surface area contributed by atoms with E-state index < -0.39 is 6.05 Å². The molecule has 0 aliphatic carbocycles. The molecule has 0 aromatic carbocycles. The van der Waals surface area contributed by atoms with Crippen molar-refractivity contribution < 1.29 is 8.78 Å². The maximum Gasteiger partial charge on any atom is 0.315 e. The molecule has 0 atom stereocenters. The van der Waals surface area contributed by atoms with Gasteiger partial charge >= 0.3 is 6.05 Å². The second kappa shape index (κ2) is 0.497. The zero-order valence-corrected chi connectivity index (χ0v) is 2.46. The van der Waals surface area contributed by atoms with Crippen molar-refractivity contribution >= 4 is 0 Å². The lowest BCUT2D eigenvalue weighted by atomic mass is 10.9. The van der Waals surface area contributed by atoms with Crippen molar-refractivity contribution in [3.8, 4) is 0 Å². The van der Waals surface area contributed by atoms with Gasteiger partial charge in [-0.1, -0.05) is 0 Å². The molecule has 0 aromatic rings. The van der Waals surface area contributed by atoms with Crippen LogP contribution in [-0.4, -0.2) is 12.6 Å². The Bertz CT molecular complexity index is 45.6. The van der Waals surface area contributed by atoms with E-state index >= 15 is 0 Å². The fourth-order valence-electron chi connectivity index (χ4n) is 0.0668. The standard InChI is InChI=1S/C2H3F2N/c3-2(4)1-5-2/h5H,1H2. The Labute approximate surface area is 28.0 Å². The molecule has 0 radical (unpaired) electrons. The number of alkyl halides is 2. The maximum atomic E-state index is 11.0. The highest BCUT2D eigenvalue weighted by Crippen LogP contribution is 2.18. The van der Waals surface area contributed by atoms with Crippen molar-refractivity contribution in [2.24, 2.45) is 0 Å².